The van der Waals surface area contributed by atoms with Gasteiger partial charge in [0.05, 0.1) is 0 Å². The van der Waals surface area contributed by atoms with Crippen molar-refractivity contribution < 1.29 is 14.7 Å². The zero-order chi connectivity index (χ0) is 10.8. The van der Waals surface area contributed by atoms with Crippen molar-refractivity contribution in [3.63, 3.8) is 0 Å². The van der Waals surface area contributed by atoms with E-state index in [4.69, 9.17) is 5.11 Å². The molecule has 3 heteroatoms. The van der Waals surface area contributed by atoms with Crippen LogP contribution in [0.1, 0.15) is 51.9 Å². The summed E-state index contributed by atoms with van der Waals surface area (Å²) in [7, 11) is 0. The molecule has 0 radical (unpaired) electrons. The van der Waals surface area contributed by atoms with E-state index in [-0.39, 0.29) is 5.57 Å². The molecule has 0 atom stereocenters. The Morgan fingerprint density at radius 3 is 2.21 bits per heavy atom. The summed E-state index contributed by atoms with van der Waals surface area (Å²) in [5, 5.41) is 8.51. The van der Waals surface area contributed by atoms with Crippen molar-refractivity contribution in [3.8, 4) is 0 Å². The molecular weight excluding hydrogens is 180 g/mol. The average Bonchev–Trinajstić information content (AvgIpc) is 2.16. The standard InChI is InChI=1S/C11H18O3/c1-2-3-4-5-6-7-8-10(9-12)11(13)14/h2-8H2,1H3,(H,13,14). The predicted octanol–water partition coefficient (Wildman–Crippen LogP) is 2.58. The Hall–Kier alpha value is -1.08. The van der Waals surface area contributed by atoms with Crippen molar-refractivity contribution in [2.24, 2.45) is 0 Å². The first-order valence-corrected chi connectivity index (χ1v) is 5.19. The fourth-order valence-corrected chi connectivity index (χ4v) is 1.28. The zero-order valence-corrected chi connectivity index (χ0v) is 8.71. The van der Waals surface area contributed by atoms with Crippen LogP contribution in [0.15, 0.2) is 5.57 Å². The van der Waals surface area contributed by atoms with E-state index in [0.29, 0.717) is 6.42 Å². The van der Waals surface area contributed by atoms with Gasteiger partial charge in [0.1, 0.15) is 11.5 Å². The van der Waals surface area contributed by atoms with Gasteiger partial charge in [0.15, 0.2) is 0 Å². The molecule has 0 aliphatic carbocycles. The van der Waals surface area contributed by atoms with Crippen LogP contribution in [0, 0.1) is 0 Å². The molecule has 0 saturated heterocycles. The van der Waals surface area contributed by atoms with Crippen LogP contribution in [-0.4, -0.2) is 17.0 Å². The highest BCUT2D eigenvalue weighted by atomic mass is 16.4. The molecule has 0 amide bonds. The molecule has 0 aliphatic heterocycles. The third-order valence-electron chi connectivity index (χ3n) is 2.16. The Labute approximate surface area is 84.8 Å². The summed E-state index contributed by atoms with van der Waals surface area (Å²) in [6.45, 7) is 2.15. The lowest BCUT2D eigenvalue weighted by molar-refractivity contribution is -0.132. The van der Waals surface area contributed by atoms with Crippen LogP contribution in [0.25, 0.3) is 0 Å². The van der Waals surface area contributed by atoms with Crippen LogP contribution in [0.4, 0.5) is 0 Å². The molecule has 0 unspecified atom stereocenters. The second-order valence-corrected chi connectivity index (χ2v) is 3.40. The Morgan fingerprint density at radius 2 is 1.71 bits per heavy atom. The van der Waals surface area contributed by atoms with Crippen LogP contribution < -0.4 is 0 Å². The van der Waals surface area contributed by atoms with E-state index in [1.807, 2.05) is 0 Å². The Bertz CT molecular complexity index is 215. The number of carboxylic acids is 1. The first-order valence-electron chi connectivity index (χ1n) is 5.19. The minimum Gasteiger partial charge on any atom is -0.477 e. The Balaban J connectivity index is 3.44. The lowest BCUT2D eigenvalue weighted by Crippen LogP contribution is -2.01. The number of carboxylic acid groups (broad SMARTS) is 1. The molecule has 0 fully saturated rings. The largest absolute Gasteiger partial charge is 0.477 e. The van der Waals surface area contributed by atoms with Crippen molar-refractivity contribution in [2.75, 3.05) is 0 Å². The summed E-state index contributed by atoms with van der Waals surface area (Å²) in [4.78, 5) is 20.6. The Morgan fingerprint density at radius 1 is 1.14 bits per heavy atom. The predicted molar refractivity (Wildman–Crippen MR) is 54.8 cm³/mol. The summed E-state index contributed by atoms with van der Waals surface area (Å²) >= 11 is 0. The zero-order valence-electron chi connectivity index (χ0n) is 8.71. The monoisotopic (exact) mass is 198 g/mol. The van der Waals surface area contributed by atoms with Crippen molar-refractivity contribution in [1.29, 1.82) is 0 Å². The summed E-state index contributed by atoms with van der Waals surface area (Å²) in [6.07, 6.45) is 6.89. The molecule has 0 spiro atoms. The topological polar surface area (TPSA) is 54.4 Å². The Kier molecular flexibility index (Phi) is 7.86. The lowest BCUT2D eigenvalue weighted by atomic mass is 10.1. The van der Waals surface area contributed by atoms with Gasteiger partial charge in [-0.05, 0) is 12.8 Å². The fraction of sp³-hybridized carbons (Fsp3) is 0.727. The van der Waals surface area contributed by atoms with Gasteiger partial charge < -0.3 is 5.11 Å². The molecule has 0 aromatic rings. The number of carbonyl (C=O) groups is 1. The number of rotatable bonds is 8. The minimum atomic E-state index is -1.13. The number of aliphatic carboxylic acids is 1. The quantitative estimate of drug-likeness (QED) is 0.370. The van der Waals surface area contributed by atoms with Gasteiger partial charge in [-0.1, -0.05) is 39.0 Å². The maximum atomic E-state index is 10.4. The van der Waals surface area contributed by atoms with Crippen molar-refractivity contribution >= 4 is 11.9 Å². The normalized spacial score (nSPS) is 9.50. The van der Waals surface area contributed by atoms with E-state index in [2.05, 4.69) is 6.92 Å². The highest BCUT2D eigenvalue weighted by molar-refractivity contribution is 5.95. The minimum absolute atomic E-state index is 0.125. The number of hydrogen-bond acceptors (Lipinski definition) is 2. The third-order valence-corrected chi connectivity index (χ3v) is 2.16. The van der Waals surface area contributed by atoms with Gasteiger partial charge in [0.2, 0.25) is 0 Å². The molecule has 80 valence electrons. The molecule has 0 aliphatic rings. The fourth-order valence-electron chi connectivity index (χ4n) is 1.28. The van der Waals surface area contributed by atoms with Crippen LogP contribution in [0.2, 0.25) is 0 Å². The smallest absolute Gasteiger partial charge is 0.342 e. The highest BCUT2D eigenvalue weighted by Crippen LogP contribution is 2.10. The van der Waals surface area contributed by atoms with Crippen molar-refractivity contribution in [3.05, 3.63) is 5.57 Å². The molecule has 0 aromatic carbocycles. The molecule has 14 heavy (non-hydrogen) atoms. The molecule has 0 saturated carbocycles. The number of hydrogen-bond donors (Lipinski definition) is 1. The van der Waals surface area contributed by atoms with Crippen LogP contribution in [0.3, 0.4) is 0 Å². The van der Waals surface area contributed by atoms with E-state index in [1.54, 1.807) is 0 Å². The average molecular weight is 198 g/mol. The van der Waals surface area contributed by atoms with E-state index in [0.717, 1.165) is 19.3 Å². The summed E-state index contributed by atoms with van der Waals surface area (Å²) in [5.74, 6) is 0.340. The SMILES string of the molecule is CCCCCCCCC(=C=O)C(=O)O. The molecule has 0 heterocycles. The van der Waals surface area contributed by atoms with Gasteiger partial charge in [0, 0.05) is 0 Å². The molecule has 0 aromatic heterocycles. The number of unbranched alkanes of at least 4 members (excludes halogenated alkanes) is 5. The molecule has 0 bridgehead atoms. The van der Waals surface area contributed by atoms with Gasteiger partial charge in [-0.25, -0.2) is 9.59 Å². The van der Waals surface area contributed by atoms with Crippen LogP contribution in [0.5, 0.6) is 0 Å². The van der Waals surface area contributed by atoms with Gasteiger partial charge in [-0.15, -0.1) is 0 Å². The first-order chi connectivity index (χ1) is 6.72. The first kappa shape index (κ1) is 12.9. The maximum absolute atomic E-state index is 10.4. The van der Waals surface area contributed by atoms with Gasteiger partial charge in [-0.2, -0.15) is 0 Å². The lowest BCUT2D eigenvalue weighted by Gasteiger charge is -1.99. The second kappa shape index (κ2) is 8.52. The van der Waals surface area contributed by atoms with Crippen LogP contribution in [-0.2, 0) is 9.59 Å². The number of carbonyl (C=O) groups excluding carboxylic acids is 1. The summed E-state index contributed by atoms with van der Waals surface area (Å²) in [6, 6.07) is 0. The molecule has 1 N–H and O–H groups in total. The van der Waals surface area contributed by atoms with Gasteiger partial charge in [-0.3, -0.25) is 0 Å². The summed E-state index contributed by atoms with van der Waals surface area (Å²) in [5.41, 5.74) is -0.125. The molecule has 3 nitrogen and oxygen atoms in total. The van der Waals surface area contributed by atoms with E-state index in [9.17, 15) is 9.59 Å². The third kappa shape index (κ3) is 6.44. The summed E-state index contributed by atoms with van der Waals surface area (Å²) < 4.78 is 0. The van der Waals surface area contributed by atoms with Crippen molar-refractivity contribution in [2.45, 2.75) is 51.9 Å². The van der Waals surface area contributed by atoms with E-state index in [1.165, 1.54) is 25.2 Å². The molecular formula is C11H18O3. The van der Waals surface area contributed by atoms with E-state index < -0.39 is 5.97 Å². The van der Waals surface area contributed by atoms with Crippen LogP contribution >= 0.6 is 0 Å². The van der Waals surface area contributed by atoms with Crippen molar-refractivity contribution in [1.82, 2.24) is 0 Å². The van der Waals surface area contributed by atoms with Gasteiger partial charge >= 0.3 is 5.97 Å². The second-order valence-electron chi connectivity index (χ2n) is 3.40. The van der Waals surface area contributed by atoms with E-state index >= 15 is 0 Å². The molecule has 0 rings (SSSR count). The van der Waals surface area contributed by atoms with Gasteiger partial charge in [0.25, 0.3) is 0 Å². The maximum Gasteiger partial charge on any atom is 0.342 e. The highest BCUT2D eigenvalue weighted by Gasteiger charge is 2.06.